The van der Waals surface area contributed by atoms with Gasteiger partial charge in [-0.15, -0.1) is 0 Å². The Bertz CT molecular complexity index is 943. The monoisotopic (exact) mass is 360 g/mol. The minimum atomic E-state index is -0.282. The van der Waals surface area contributed by atoms with E-state index in [1.807, 2.05) is 70.2 Å². The van der Waals surface area contributed by atoms with Gasteiger partial charge in [-0.1, -0.05) is 35.9 Å². The van der Waals surface area contributed by atoms with Crippen LogP contribution in [0.1, 0.15) is 36.7 Å². The molecule has 3 aromatic rings. The number of carbonyl (C=O) groups excluding carboxylic acids is 1. The summed E-state index contributed by atoms with van der Waals surface area (Å²) in [6, 6.07) is 17.3. The average molecular weight is 360 g/mol. The highest BCUT2D eigenvalue weighted by atomic mass is 16.1. The number of carbonyl (C=O) groups is 1. The lowest BCUT2D eigenvalue weighted by Crippen LogP contribution is -2.40. The molecule has 138 valence electrons. The molecule has 5 nitrogen and oxygen atoms in total. The molecule has 0 aliphatic rings. The molecule has 0 aliphatic heterocycles. The lowest BCUT2D eigenvalue weighted by molar-refractivity contribution is 0.0919. The maximum atomic E-state index is 12.4. The van der Waals surface area contributed by atoms with Gasteiger partial charge in [-0.05, 0) is 52.0 Å². The SMILES string of the molecule is Cc1ccc(-c2nccc(Nc3cccc(C(=O)NC(C)(C)C)c3)n2)cc1. The van der Waals surface area contributed by atoms with Gasteiger partial charge in [0.05, 0.1) is 0 Å². The van der Waals surface area contributed by atoms with Crippen LogP contribution >= 0.6 is 0 Å². The van der Waals surface area contributed by atoms with Gasteiger partial charge >= 0.3 is 0 Å². The number of anilines is 2. The quantitative estimate of drug-likeness (QED) is 0.706. The molecule has 1 heterocycles. The fourth-order valence-corrected chi connectivity index (χ4v) is 2.57. The van der Waals surface area contributed by atoms with Gasteiger partial charge in [0.25, 0.3) is 5.91 Å². The minimum absolute atomic E-state index is 0.103. The van der Waals surface area contributed by atoms with E-state index in [9.17, 15) is 4.79 Å². The van der Waals surface area contributed by atoms with E-state index in [0.717, 1.165) is 11.3 Å². The van der Waals surface area contributed by atoms with Gasteiger partial charge in [-0.25, -0.2) is 9.97 Å². The van der Waals surface area contributed by atoms with Crippen LogP contribution in [0.4, 0.5) is 11.5 Å². The molecule has 2 N–H and O–H groups in total. The first-order chi connectivity index (χ1) is 12.8. The van der Waals surface area contributed by atoms with Gasteiger partial charge in [-0.3, -0.25) is 4.79 Å². The Labute approximate surface area is 159 Å². The van der Waals surface area contributed by atoms with Crippen LogP contribution in [-0.4, -0.2) is 21.4 Å². The highest BCUT2D eigenvalue weighted by molar-refractivity contribution is 5.95. The van der Waals surface area contributed by atoms with E-state index < -0.39 is 0 Å². The van der Waals surface area contributed by atoms with Crippen LogP contribution in [0.3, 0.4) is 0 Å². The Kier molecular flexibility index (Phi) is 5.21. The summed E-state index contributed by atoms with van der Waals surface area (Å²) in [6.45, 7) is 7.92. The molecule has 0 bridgehead atoms. The van der Waals surface area contributed by atoms with Crippen LogP contribution in [0.5, 0.6) is 0 Å². The molecule has 0 unspecified atom stereocenters. The standard InChI is InChI=1S/C22H24N4O/c1-15-8-10-16(11-9-15)20-23-13-12-19(25-20)24-18-7-5-6-17(14-18)21(27)26-22(2,3)4/h5-14H,1-4H3,(H,26,27)(H,23,24,25). The highest BCUT2D eigenvalue weighted by Gasteiger charge is 2.15. The van der Waals surface area contributed by atoms with Crippen molar-refractivity contribution in [2.24, 2.45) is 0 Å². The minimum Gasteiger partial charge on any atom is -0.347 e. The van der Waals surface area contributed by atoms with Crippen molar-refractivity contribution in [2.75, 3.05) is 5.32 Å². The smallest absolute Gasteiger partial charge is 0.251 e. The van der Waals surface area contributed by atoms with Gasteiger partial charge in [-0.2, -0.15) is 0 Å². The first kappa shape index (κ1) is 18.6. The fourth-order valence-electron chi connectivity index (χ4n) is 2.57. The van der Waals surface area contributed by atoms with Crippen molar-refractivity contribution in [3.63, 3.8) is 0 Å². The highest BCUT2D eigenvalue weighted by Crippen LogP contribution is 2.20. The molecule has 0 aliphatic carbocycles. The van der Waals surface area contributed by atoms with Crippen molar-refractivity contribution < 1.29 is 4.79 Å². The third kappa shape index (κ3) is 5.14. The molecule has 5 heteroatoms. The topological polar surface area (TPSA) is 66.9 Å². The first-order valence-electron chi connectivity index (χ1n) is 8.90. The van der Waals surface area contributed by atoms with Gasteiger partial charge in [0, 0.05) is 28.6 Å². The van der Waals surface area contributed by atoms with Gasteiger partial charge in [0.15, 0.2) is 5.82 Å². The number of nitrogens with zero attached hydrogens (tertiary/aromatic N) is 2. The predicted molar refractivity (Wildman–Crippen MR) is 109 cm³/mol. The van der Waals surface area contributed by atoms with Crippen LogP contribution in [0.15, 0.2) is 60.8 Å². The molecule has 2 aromatic carbocycles. The number of hydrogen-bond donors (Lipinski definition) is 2. The molecule has 1 amide bonds. The number of nitrogens with one attached hydrogen (secondary N) is 2. The summed E-state index contributed by atoms with van der Waals surface area (Å²) in [7, 11) is 0. The molecule has 0 saturated heterocycles. The Balaban J connectivity index is 1.80. The second-order valence-corrected chi connectivity index (χ2v) is 7.54. The molecule has 0 spiro atoms. The van der Waals surface area contributed by atoms with Crippen molar-refractivity contribution in [1.82, 2.24) is 15.3 Å². The van der Waals surface area contributed by atoms with Crippen LogP contribution in [0.25, 0.3) is 11.4 Å². The van der Waals surface area contributed by atoms with Crippen LogP contribution < -0.4 is 10.6 Å². The molecule has 1 aromatic heterocycles. The molecule has 0 fully saturated rings. The summed E-state index contributed by atoms with van der Waals surface area (Å²) in [5, 5.41) is 6.22. The van der Waals surface area contributed by atoms with E-state index in [1.165, 1.54) is 5.56 Å². The Hall–Kier alpha value is -3.21. The predicted octanol–water partition coefficient (Wildman–Crippen LogP) is 4.72. The maximum Gasteiger partial charge on any atom is 0.251 e. The van der Waals surface area contributed by atoms with Crippen molar-refractivity contribution in [2.45, 2.75) is 33.2 Å². The molecule has 0 saturated carbocycles. The normalized spacial score (nSPS) is 11.1. The Morgan fingerprint density at radius 3 is 2.44 bits per heavy atom. The number of benzene rings is 2. The molecule has 0 radical (unpaired) electrons. The largest absolute Gasteiger partial charge is 0.347 e. The number of aryl methyl sites for hydroxylation is 1. The molecule has 27 heavy (non-hydrogen) atoms. The van der Waals surface area contributed by atoms with E-state index in [4.69, 9.17) is 0 Å². The van der Waals surface area contributed by atoms with Crippen LogP contribution in [-0.2, 0) is 0 Å². The Morgan fingerprint density at radius 1 is 1.00 bits per heavy atom. The zero-order valence-electron chi connectivity index (χ0n) is 16.1. The third-order valence-electron chi connectivity index (χ3n) is 3.85. The van der Waals surface area contributed by atoms with E-state index in [1.54, 1.807) is 18.3 Å². The maximum absolute atomic E-state index is 12.4. The second kappa shape index (κ2) is 7.58. The molecule has 0 atom stereocenters. The number of aromatic nitrogens is 2. The second-order valence-electron chi connectivity index (χ2n) is 7.54. The van der Waals surface area contributed by atoms with Crippen molar-refractivity contribution in [3.05, 3.63) is 71.9 Å². The van der Waals surface area contributed by atoms with Crippen molar-refractivity contribution in [1.29, 1.82) is 0 Å². The van der Waals surface area contributed by atoms with E-state index in [2.05, 4.69) is 20.6 Å². The summed E-state index contributed by atoms with van der Waals surface area (Å²) in [6.07, 6.45) is 1.72. The molecular weight excluding hydrogens is 336 g/mol. The fraction of sp³-hybridized carbons (Fsp3) is 0.227. The summed E-state index contributed by atoms with van der Waals surface area (Å²) in [5.74, 6) is 1.23. The zero-order chi connectivity index (χ0) is 19.4. The lowest BCUT2D eigenvalue weighted by Gasteiger charge is -2.20. The van der Waals surface area contributed by atoms with Crippen molar-refractivity contribution >= 4 is 17.4 Å². The van der Waals surface area contributed by atoms with Crippen molar-refractivity contribution in [3.8, 4) is 11.4 Å². The number of amides is 1. The van der Waals surface area contributed by atoms with Crippen LogP contribution in [0, 0.1) is 6.92 Å². The molecular formula is C22H24N4O. The Morgan fingerprint density at radius 2 is 1.74 bits per heavy atom. The first-order valence-corrected chi connectivity index (χ1v) is 8.90. The summed E-state index contributed by atoms with van der Waals surface area (Å²) >= 11 is 0. The van der Waals surface area contributed by atoms with Gasteiger partial charge in [0.2, 0.25) is 0 Å². The third-order valence-corrected chi connectivity index (χ3v) is 3.85. The van der Waals surface area contributed by atoms with Gasteiger partial charge in [0.1, 0.15) is 5.82 Å². The molecule has 3 rings (SSSR count). The van der Waals surface area contributed by atoms with Gasteiger partial charge < -0.3 is 10.6 Å². The lowest BCUT2D eigenvalue weighted by atomic mass is 10.1. The average Bonchev–Trinajstić information content (AvgIpc) is 2.61. The number of rotatable bonds is 4. The summed E-state index contributed by atoms with van der Waals surface area (Å²) < 4.78 is 0. The summed E-state index contributed by atoms with van der Waals surface area (Å²) in [5.41, 5.74) is 3.27. The zero-order valence-corrected chi connectivity index (χ0v) is 16.1. The van der Waals surface area contributed by atoms with Crippen LogP contribution in [0.2, 0.25) is 0 Å². The van der Waals surface area contributed by atoms with E-state index >= 15 is 0 Å². The van der Waals surface area contributed by atoms with E-state index in [0.29, 0.717) is 17.2 Å². The summed E-state index contributed by atoms with van der Waals surface area (Å²) in [4.78, 5) is 21.3. The number of hydrogen-bond acceptors (Lipinski definition) is 4. The van der Waals surface area contributed by atoms with E-state index in [-0.39, 0.29) is 11.4 Å².